The van der Waals surface area contributed by atoms with Crippen molar-refractivity contribution in [1.29, 1.82) is 0 Å². The van der Waals surface area contributed by atoms with Gasteiger partial charge in [0.15, 0.2) is 0 Å². The first-order chi connectivity index (χ1) is 8.16. The van der Waals surface area contributed by atoms with Crippen molar-refractivity contribution in [2.75, 3.05) is 18.5 Å². The lowest BCUT2D eigenvalue weighted by atomic mass is 10.2. The standard InChI is InChI=1S/C12H18N4O/c1-16(8-11(13)17)12-9(3-2-6-14-12)7-15-10-4-5-10/h2-3,6,10,15H,4-5,7-8H2,1H3,(H2,13,17). The number of anilines is 1. The molecule has 5 heteroatoms. The Morgan fingerprint density at radius 1 is 1.65 bits per heavy atom. The van der Waals surface area contributed by atoms with Crippen LogP contribution < -0.4 is 16.0 Å². The van der Waals surface area contributed by atoms with Crippen LogP contribution in [0.1, 0.15) is 18.4 Å². The first-order valence-corrected chi connectivity index (χ1v) is 5.83. The van der Waals surface area contributed by atoms with Gasteiger partial charge < -0.3 is 16.0 Å². The molecule has 1 saturated carbocycles. The molecule has 0 radical (unpaired) electrons. The van der Waals surface area contributed by atoms with Gasteiger partial charge in [-0.3, -0.25) is 4.79 Å². The molecule has 0 bridgehead atoms. The third-order valence-electron chi connectivity index (χ3n) is 2.78. The monoisotopic (exact) mass is 234 g/mol. The topological polar surface area (TPSA) is 71.2 Å². The Balaban J connectivity index is 2.05. The maximum Gasteiger partial charge on any atom is 0.236 e. The zero-order chi connectivity index (χ0) is 12.3. The molecule has 1 aliphatic carbocycles. The summed E-state index contributed by atoms with van der Waals surface area (Å²) < 4.78 is 0. The van der Waals surface area contributed by atoms with Crippen molar-refractivity contribution in [3.8, 4) is 0 Å². The molecule has 1 aliphatic rings. The van der Waals surface area contributed by atoms with Crippen LogP contribution in [0.2, 0.25) is 0 Å². The highest BCUT2D eigenvalue weighted by Gasteiger charge is 2.21. The zero-order valence-electron chi connectivity index (χ0n) is 10.0. The highest BCUT2D eigenvalue weighted by Crippen LogP contribution is 2.21. The Hall–Kier alpha value is -1.62. The fourth-order valence-corrected chi connectivity index (χ4v) is 1.76. The highest BCUT2D eigenvalue weighted by atomic mass is 16.1. The van der Waals surface area contributed by atoms with Crippen LogP contribution in [0.5, 0.6) is 0 Å². The summed E-state index contributed by atoms with van der Waals surface area (Å²) in [5, 5.41) is 3.44. The smallest absolute Gasteiger partial charge is 0.236 e. The van der Waals surface area contributed by atoms with Gasteiger partial charge >= 0.3 is 0 Å². The first kappa shape index (κ1) is 11.9. The third kappa shape index (κ3) is 3.42. The normalized spacial score (nSPS) is 14.6. The minimum absolute atomic E-state index is 0.188. The number of aromatic nitrogens is 1. The molecule has 1 fully saturated rings. The van der Waals surface area contributed by atoms with E-state index in [-0.39, 0.29) is 12.5 Å². The minimum Gasteiger partial charge on any atom is -0.368 e. The largest absolute Gasteiger partial charge is 0.368 e. The molecule has 3 N–H and O–H groups in total. The second-order valence-corrected chi connectivity index (χ2v) is 4.46. The number of pyridine rings is 1. The van der Waals surface area contributed by atoms with Gasteiger partial charge in [0.05, 0.1) is 6.54 Å². The SMILES string of the molecule is CN(CC(N)=O)c1ncccc1CNC1CC1. The summed E-state index contributed by atoms with van der Waals surface area (Å²) in [6, 6.07) is 4.59. The van der Waals surface area contributed by atoms with Crippen LogP contribution in [0.15, 0.2) is 18.3 Å². The molecule has 2 rings (SSSR count). The van der Waals surface area contributed by atoms with Crippen LogP contribution in [0.4, 0.5) is 5.82 Å². The van der Waals surface area contributed by atoms with E-state index in [2.05, 4.69) is 10.3 Å². The molecule has 1 amide bonds. The molecule has 1 heterocycles. The lowest BCUT2D eigenvalue weighted by Crippen LogP contribution is -2.32. The van der Waals surface area contributed by atoms with E-state index in [1.165, 1.54) is 12.8 Å². The number of rotatable bonds is 6. The Morgan fingerprint density at radius 3 is 3.06 bits per heavy atom. The summed E-state index contributed by atoms with van der Waals surface area (Å²) in [7, 11) is 1.83. The van der Waals surface area contributed by atoms with Crippen molar-refractivity contribution in [1.82, 2.24) is 10.3 Å². The maximum atomic E-state index is 10.9. The van der Waals surface area contributed by atoms with Crippen molar-refractivity contribution < 1.29 is 4.79 Å². The average molecular weight is 234 g/mol. The number of amides is 1. The molecule has 5 nitrogen and oxygen atoms in total. The van der Waals surface area contributed by atoms with E-state index in [0.717, 1.165) is 17.9 Å². The molecule has 0 unspecified atom stereocenters. The van der Waals surface area contributed by atoms with Crippen molar-refractivity contribution in [3.05, 3.63) is 23.9 Å². The summed E-state index contributed by atoms with van der Waals surface area (Å²) in [6.45, 7) is 0.977. The number of carbonyl (C=O) groups is 1. The number of likely N-dealkylation sites (N-methyl/N-ethyl adjacent to an activating group) is 1. The molecule has 1 aromatic rings. The van der Waals surface area contributed by atoms with Gasteiger partial charge in [0.1, 0.15) is 5.82 Å². The summed E-state index contributed by atoms with van der Waals surface area (Å²) in [6.07, 6.45) is 4.24. The molecule has 0 spiro atoms. The Labute approximate surface area is 101 Å². The number of carbonyl (C=O) groups excluding carboxylic acids is 1. The van der Waals surface area contributed by atoms with Crippen LogP contribution in [0.25, 0.3) is 0 Å². The molecular formula is C12H18N4O. The van der Waals surface area contributed by atoms with Crippen molar-refractivity contribution in [2.45, 2.75) is 25.4 Å². The second-order valence-electron chi connectivity index (χ2n) is 4.46. The van der Waals surface area contributed by atoms with E-state index in [1.807, 2.05) is 19.2 Å². The average Bonchev–Trinajstić information content (AvgIpc) is 3.09. The molecule has 17 heavy (non-hydrogen) atoms. The Bertz CT molecular complexity index is 403. The van der Waals surface area contributed by atoms with E-state index in [9.17, 15) is 4.79 Å². The van der Waals surface area contributed by atoms with Crippen LogP contribution in [-0.2, 0) is 11.3 Å². The Kier molecular flexibility index (Phi) is 3.58. The second kappa shape index (κ2) is 5.14. The van der Waals surface area contributed by atoms with Gasteiger partial charge in [-0.05, 0) is 18.9 Å². The van der Waals surface area contributed by atoms with Crippen molar-refractivity contribution in [2.24, 2.45) is 5.73 Å². The van der Waals surface area contributed by atoms with Crippen LogP contribution in [0, 0.1) is 0 Å². The van der Waals surface area contributed by atoms with E-state index < -0.39 is 0 Å². The minimum atomic E-state index is -0.348. The van der Waals surface area contributed by atoms with Crippen molar-refractivity contribution >= 4 is 11.7 Å². The summed E-state index contributed by atoms with van der Waals surface area (Å²) in [5.41, 5.74) is 6.29. The van der Waals surface area contributed by atoms with Gasteiger partial charge in [-0.1, -0.05) is 6.07 Å². The highest BCUT2D eigenvalue weighted by molar-refractivity contribution is 5.79. The molecular weight excluding hydrogens is 216 g/mol. The van der Waals surface area contributed by atoms with E-state index in [1.54, 1.807) is 11.1 Å². The van der Waals surface area contributed by atoms with E-state index >= 15 is 0 Å². The van der Waals surface area contributed by atoms with Gasteiger partial charge in [0.2, 0.25) is 5.91 Å². The lowest BCUT2D eigenvalue weighted by molar-refractivity contribution is -0.116. The number of primary amides is 1. The third-order valence-corrected chi connectivity index (χ3v) is 2.78. The Morgan fingerprint density at radius 2 is 2.41 bits per heavy atom. The summed E-state index contributed by atoms with van der Waals surface area (Å²) >= 11 is 0. The van der Waals surface area contributed by atoms with Crippen molar-refractivity contribution in [3.63, 3.8) is 0 Å². The molecule has 0 atom stereocenters. The van der Waals surface area contributed by atoms with E-state index in [0.29, 0.717) is 6.04 Å². The predicted molar refractivity (Wildman–Crippen MR) is 66.6 cm³/mol. The molecule has 0 aliphatic heterocycles. The van der Waals surface area contributed by atoms with Gasteiger partial charge in [-0.15, -0.1) is 0 Å². The number of nitrogens with zero attached hydrogens (tertiary/aromatic N) is 2. The van der Waals surface area contributed by atoms with Crippen LogP contribution in [0.3, 0.4) is 0 Å². The van der Waals surface area contributed by atoms with Gasteiger partial charge in [-0.2, -0.15) is 0 Å². The van der Waals surface area contributed by atoms with Crippen LogP contribution in [-0.4, -0.2) is 30.5 Å². The molecule has 0 saturated heterocycles. The van der Waals surface area contributed by atoms with Crippen LogP contribution >= 0.6 is 0 Å². The number of hydrogen-bond acceptors (Lipinski definition) is 4. The molecule has 1 aromatic heterocycles. The fraction of sp³-hybridized carbons (Fsp3) is 0.500. The van der Waals surface area contributed by atoms with Gasteiger partial charge in [0.25, 0.3) is 0 Å². The summed E-state index contributed by atoms with van der Waals surface area (Å²) in [5.74, 6) is 0.471. The summed E-state index contributed by atoms with van der Waals surface area (Å²) in [4.78, 5) is 17.0. The molecule has 0 aromatic carbocycles. The maximum absolute atomic E-state index is 10.9. The van der Waals surface area contributed by atoms with Gasteiger partial charge in [-0.25, -0.2) is 4.98 Å². The quantitative estimate of drug-likeness (QED) is 0.740. The fourth-order valence-electron chi connectivity index (χ4n) is 1.76. The first-order valence-electron chi connectivity index (χ1n) is 5.83. The lowest BCUT2D eigenvalue weighted by Gasteiger charge is -2.19. The van der Waals surface area contributed by atoms with E-state index in [4.69, 9.17) is 5.73 Å². The number of hydrogen-bond donors (Lipinski definition) is 2. The number of nitrogens with two attached hydrogens (primary N) is 1. The number of nitrogens with one attached hydrogen (secondary N) is 1. The van der Waals surface area contributed by atoms with Gasteiger partial charge in [0, 0.05) is 31.4 Å². The predicted octanol–water partition coefficient (Wildman–Crippen LogP) is 0.255. The zero-order valence-corrected chi connectivity index (χ0v) is 10.0. The molecule has 92 valence electrons.